The third-order valence-corrected chi connectivity index (χ3v) is 3.16. The fraction of sp³-hybridized carbons (Fsp3) is 0.125. The van der Waals surface area contributed by atoms with Gasteiger partial charge in [-0.1, -0.05) is 18.2 Å². The van der Waals surface area contributed by atoms with Crippen LogP contribution in [0.2, 0.25) is 0 Å². The molecule has 0 saturated carbocycles. The van der Waals surface area contributed by atoms with E-state index in [-0.39, 0.29) is 12.5 Å². The molecule has 0 aliphatic carbocycles. The van der Waals surface area contributed by atoms with Gasteiger partial charge in [-0.2, -0.15) is 0 Å². The van der Waals surface area contributed by atoms with E-state index in [0.717, 1.165) is 5.56 Å². The van der Waals surface area contributed by atoms with Gasteiger partial charge in [0, 0.05) is 18.3 Å². The van der Waals surface area contributed by atoms with Gasteiger partial charge in [-0.05, 0) is 46.8 Å². The SMILES string of the molecule is Cn1nnnc1-c1ccc(NC(=O)COc2ccccc2)cc1. The van der Waals surface area contributed by atoms with Gasteiger partial charge in [-0.25, -0.2) is 4.68 Å². The molecule has 116 valence electrons. The Balaban J connectivity index is 1.58. The van der Waals surface area contributed by atoms with Gasteiger partial charge >= 0.3 is 0 Å². The van der Waals surface area contributed by atoms with Crippen molar-refractivity contribution in [2.45, 2.75) is 0 Å². The quantitative estimate of drug-likeness (QED) is 0.778. The third-order valence-electron chi connectivity index (χ3n) is 3.16. The van der Waals surface area contributed by atoms with Crippen LogP contribution in [0, 0.1) is 0 Å². The number of hydrogen-bond donors (Lipinski definition) is 1. The molecule has 0 fully saturated rings. The molecule has 7 nitrogen and oxygen atoms in total. The maximum Gasteiger partial charge on any atom is 0.262 e. The molecule has 0 atom stereocenters. The number of para-hydroxylation sites is 1. The number of nitrogens with one attached hydrogen (secondary N) is 1. The van der Waals surface area contributed by atoms with Crippen LogP contribution in [-0.2, 0) is 11.8 Å². The van der Waals surface area contributed by atoms with Crippen molar-refractivity contribution in [3.05, 3.63) is 54.6 Å². The second-order valence-corrected chi connectivity index (χ2v) is 4.85. The summed E-state index contributed by atoms with van der Waals surface area (Å²) in [6.45, 7) is -0.0427. The Hall–Kier alpha value is -3.22. The van der Waals surface area contributed by atoms with Gasteiger partial charge in [0.05, 0.1) is 0 Å². The molecule has 23 heavy (non-hydrogen) atoms. The Bertz CT molecular complexity index is 784. The highest BCUT2D eigenvalue weighted by atomic mass is 16.5. The minimum atomic E-state index is -0.220. The Morgan fingerprint density at radius 2 is 1.87 bits per heavy atom. The molecule has 2 aromatic carbocycles. The van der Waals surface area contributed by atoms with E-state index in [1.807, 2.05) is 30.3 Å². The number of nitrogens with zero attached hydrogens (tertiary/aromatic N) is 4. The van der Waals surface area contributed by atoms with Crippen molar-refractivity contribution in [3.63, 3.8) is 0 Å². The smallest absolute Gasteiger partial charge is 0.262 e. The van der Waals surface area contributed by atoms with Crippen molar-refractivity contribution in [3.8, 4) is 17.1 Å². The highest BCUT2D eigenvalue weighted by Gasteiger charge is 2.07. The zero-order valence-corrected chi connectivity index (χ0v) is 12.5. The van der Waals surface area contributed by atoms with Crippen LogP contribution < -0.4 is 10.1 Å². The van der Waals surface area contributed by atoms with Crippen LogP contribution in [0.1, 0.15) is 0 Å². The monoisotopic (exact) mass is 309 g/mol. The maximum atomic E-state index is 11.9. The molecule has 0 aliphatic heterocycles. The molecule has 0 aliphatic rings. The highest BCUT2D eigenvalue weighted by molar-refractivity contribution is 5.92. The van der Waals surface area contributed by atoms with Crippen LogP contribution in [0.3, 0.4) is 0 Å². The van der Waals surface area contributed by atoms with Crippen LogP contribution in [-0.4, -0.2) is 32.7 Å². The topological polar surface area (TPSA) is 81.9 Å². The zero-order chi connectivity index (χ0) is 16.1. The summed E-state index contributed by atoms with van der Waals surface area (Å²) in [6, 6.07) is 16.5. The number of aryl methyl sites for hydroxylation is 1. The number of carbonyl (C=O) groups is 1. The van der Waals surface area contributed by atoms with Gasteiger partial charge in [0.1, 0.15) is 5.75 Å². The van der Waals surface area contributed by atoms with E-state index in [1.54, 1.807) is 36.0 Å². The Kier molecular flexibility index (Phi) is 4.28. The minimum absolute atomic E-state index is 0.0427. The van der Waals surface area contributed by atoms with Gasteiger partial charge in [-0.3, -0.25) is 4.79 Å². The van der Waals surface area contributed by atoms with Gasteiger partial charge in [0.25, 0.3) is 5.91 Å². The number of carbonyl (C=O) groups excluding carboxylic acids is 1. The average molecular weight is 309 g/mol. The molecule has 0 radical (unpaired) electrons. The van der Waals surface area contributed by atoms with Crippen molar-refractivity contribution in [1.29, 1.82) is 0 Å². The Labute approximate surface area is 132 Å². The molecule has 1 aromatic heterocycles. The van der Waals surface area contributed by atoms with Gasteiger partial charge in [-0.15, -0.1) is 5.10 Å². The maximum absolute atomic E-state index is 11.9. The molecule has 0 unspecified atom stereocenters. The van der Waals surface area contributed by atoms with E-state index < -0.39 is 0 Å². The summed E-state index contributed by atoms with van der Waals surface area (Å²) < 4.78 is 6.98. The number of amides is 1. The lowest BCUT2D eigenvalue weighted by molar-refractivity contribution is -0.118. The number of anilines is 1. The predicted molar refractivity (Wildman–Crippen MR) is 84.8 cm³/mol. The first kappa shape index (κ1) is 14.7. The van der Waals surface area contributed by atoms with Gasteiger partial charge in [0.15, 0.2) is 12.4 Å². The fourth-order valence-electron chi connectivity index (χ4n) is 2.04. The molecular formula is C16H15N5O2. The van der Waals surface area contributed by atoms with Crippen molar-refractivity contribution in [2.24, 2.45) is 7.05 Å². The van der Waals surface area contributed by atoms with E-state index in [2.05, 4.69) is 20.8 Å². The van der Waals surface area contributed by atoms with Crippen molar-refractivity contribution in [1.82, 2.24) is 20.2 Å². The Morgan fingerprint density at radius 3 is 2.52 bits per heavy atom. The second-order valence-electron chi connectivity index (χ2n) is 4.85. The number of tetrazole rings is 1. The molecule has 1 N–H and O–H groups in total. The average Bonchev–Trinajstić information content (AvgIpc) is 3.01. The van der Waals surface area contributed by atoms with Crippen LogP contribution in [0.25, 0.3) is 11.4 Å². The fourth-order valence-corrected chi connectivity index (χ4v) is 2.04. The van der Waals surface area contributed by atoms with Crippen molar-refractivity contribution in [2.75, 3.05) is 11.9 Å². The number of aromatic nitrogens is 4. The number of ether oxygens (including phenoxy) is 1. The summed E-state index contributed by atoms with van der Waals surface area (Å²) in [5.74, 6) is 1.10. The predicted octanol–water partition coefficient (Wildman–Crippen LogP) is 1.89. The summed E-state index contributed by atoms with van der Waals surface area (Å²) >= 11 is 0. The van der Waals surface area contributed by atoms with Crippen LogP contribution >= 0.6 is 0 Å². The summed E-state index contributed by atoms with van der Waals surface area (Å²) in [7, 11) is 1.77. The van der Waals surface area contributed by atoms with Gasteiger partial charge < -0.3 is 10.1 Å². The second kappa shape index (κ2) is 6.69. The number of hydrogen-bond acceptors (Lipinski definition) is 5. The van der Waals surface area contributed by atoms with E-state index in [4.69, 9.17) is 4.74 Å². The highest BCUT2D eigenvalue weighted by Crippen LogP contribution is 2.18. The van der Waals surface area contributed by atoms with Crippen LogP contribution in [0.5, 0.6) is 5.75 Å². The molecule has 3 aromatic rings. The summed E-state index contributed by atoms with van der Waals surface area (Å²) in [5, 5.41) is 14.1. The van der Waals surface area contributed by atoms with Crippen LogP contribution in [0.4, 0.5) is 5.69 Å². The summed E-state index contributed by atoms with van der Waals surface area (Å²) in [4.78, 5) is 11.9. The number of benzene rings is 2. The van der Waals surface area contributed by atoms with Crippen molar-refractivity contribution < 1.29 is 9.53 Å². The molecular weight excluding hydrogens is 294 g/mol. The minimum Gasteiger partial charge on any atom is -0.484 e. The molecule has 0 spiro atoms. The molecule has 7 heteroatoms. The Morgan fingerprint density at radius 1 is 1.13 bits per heavy atom. The normalized spacial score (nSPS) is 10.3. The molecule has 1 heterocycles. The first-order valence-electron chi connectivity index (χ1n) is 7.03. The molecule has 1 amide bonds. The third kappa shape index (κ3) is 3.70. The van der Waals surface area contributed by atoms with E-state index in [0.29, 0.717) is 17.3 Å². The standard InChI is InChI=1S/C16H15N5O2/c1-21-16(18-19-20-21)12-7-9-13(10-8-12)17-15(22)11-23-14-5-3-2-4-6-14/h2-10H,11H2,1H3,(H,17,22). The molecule has 3 rings (SSSR count). The lowest BCUT2D eigenvalue weighted by Gasteiger charge is -2.08. The molecule has 0 bridgehead atoms. The van der Waals surface area contributed by atoms with E-state index in [1.165, 1.54) is 0 Å². The number of rotatable bonds is 5. The molecule has 0 saturated heterocycles. The summed E-state index contributed by atoms with van der Waals surface area (Å²) in [6.07, 6.45) is 0. The van der Waals surface area contributed by atoms with E-state index in [9.17, 15) is 4.79 Å². The van der Waals surface area contributed by atoms with E-state index >= 15 is 0 Å². The first-order valence-corrected chi connectivity index (χ1v) is 7.03. The first-order chi connectivity index (χ1) is 11.2. The zero-order valence-electron chi connectivity index (χ0n) is 12.5. The van der Waals surface area contributed by atoms with Gasteiger partial charge in [0.2, 0.25) is 0 Å². The lowest BCUT2D eigenvalue weighted by Crippen LogP contribution is -2.20. The van der Waals surface area contributed by atoms with Crippen LogP contribution in [0.15, 0.2) is 54.6 Å². The van der Waals surface area contributed by atoms with Crippen molar-refractivity contribution >= 4 is 11.6 Å². The largest absolute Gasteiger partial charge is 0.484 e. The lowest BCUT2D eigenvalue weighted by atomic mass is 10.2. The summed E-state index contributed by atoms with van der Waals surface area (Å²) in [5.41, 5.74) is 1.56.